The van der Waals surface area contributed by atoms with Crippen LogP contribution in [0.1, 0.15) is 28.2 Å². The van der Waals surface area contributed by atoms with E-state index in [1.165, 1.54) is 7.11 Å². The Morgan fingerprint density at radius 2 is 1.86 bits per heavy atom. The highest BCUT2D eigenvalue weighted by Gasteiger charge is 2.76. The number of methoxy groups -OCH3 is 1. The Balaban J connectivity index is 1.61. The van der Waals surface area contributed by atoms with Gasteiger partial charge in [-0.15, -0.1) is 0 Å². The Labute approximate surface area is 216 Å². The third-order valence-electron chi connectivity index (χ3n) is 8.29. The van der Waals surface area contributed by atoms with Crippen LogP contribution in [-0.4, -0.2) is 66.0 Å². The Hall–Kier alpha value is -3.48. The van der Waals surface area contributed by atoms with Crippen molar-refractivity contribution in [1.82, 2.24) is 15.2 Å². The highest BCUT2D eigenvalue weighted by atomic mass is 16.5. The van der Waals surface area contributed by atoms with Crippen LogP contribution in [0.3, 0.4) is 0 Å². The molecule has 1 aliphatic carbocycles. The lowest BCUT2D eigenvalue weighted by molar-refractivity contribution is -0.152. The van der Waals surface area contributed by atoms with Gasteiger partial charge in [0.25, 0.3) is 0 Å². The summed E-state index contributed by atoms with van der Waals surface area (Å²) in [5.74, 6) is -0.0168. The molecule has 2 aliphatic heterocycles. The number of ether oxygens (including phenoxy) is 2. The second-order valence-corrected chi connectivity index (χ2v) is 10.1. The molecule has 5 atom stereocenters. The van der Waals surface area contributed by atoms with E-state index in [2.05, 4.69) is 21.3 Å². The van der Waals surface area contributed by atoms with Crippen molar-refractivity contribution in [3.63, 3.8) is 0 Å². The van der Waals surface area contributed by atoms with Gasteiger partial charge >= 0.3 is 0 Å². The molecule has 37 heavy (non-hydrogen) atoms. The average molecular weight is 499 g/mol. The SMILES string of the molecule is COc1cncc2c1[C@]1(O)[C@H](O)[C@H](CN3CCNCC3)[C@@H](c3ccccc3)[C@]1(c1ccc(C#N)cc1)O2. The third-order valence-corrected chi connectivity index (χ3v) is 8.29. The summed E-state index contributed by atoms with van der Waals surface area (Å²) in [5, 5.41) is 37.8. The lowest BCUT2D eigenvalue weighted by Gasteiger charge is -2.41. The molecule has 6 rings (SSSR count). The van der Waals surface area contributed by atoms with Crippen LogP contribution in [0.4, 0.5) is 0 Å². The van der Waals surface area contributed by atoms with E-state index in [0.717, 1.165) is 31.7 Å². The monoisotopic (exact) mass is 498 g/mol. The van der Waals surface area contributed by atoms with Crippen LogP contribution in [0.2, 0.25) is 0 Å². The number of fused-ring (bicyclic) bond motifs is 3. The Kier molecular flexibility index (Phi) is 5.89. The summed E-state index contributed by atoms with van der Waals surface area (Å²) in [6, 6.07) is 19.2. The smallest absolute Gasteiger partial charge is 0.177 e. The maximum Gasteiger partial charge on any atom is 0.177 e. The van der Waals surface area contributed by atoms with E-state index >= 15 is 0 Å². The van der Waals surface area contributed by atoms with Crippen molar-refractivity contribution >= 4 is 0 Å². The Morgan fingerprint density at radius 1 is 1.14 bits per heavy atom. The minimum Gasteiger partial charge on any atom is -0.495 e. The maximum atomic E-state index is 12.8. The van der Waals surface area contributed by atoms with E-state index in [9.17, 15) is 15.5 Å². The van der Waals surface area contributed by atoms with Gasteiger partial charge < -0.3 is 29.9 Å². The van der Waals surface area contributed by atoms with Gasteiger partial charge in [0.2, 0.25) is 0 Å². The van der Waals surface area contributed by atoms with Gasteiger partial charge in [-0.2, -0.15) is 5.26 Å². The summed E-state index contributed by atoms with van der Waals surface area (Å²) in [4.78, 5) is 6.61. The number of hydrogen-bond acceptors (Lipinski definition) is 8. The molecule has 190 valence electrons. The van der Waals surface area contributed by atoms with Gasteiger partial charge in [0.1, 0.15) is 11.5 Å². The molecule has 2 aromatic carbocycles. The molecule has 0 radical (unpaired) electrons. The lowest BCUT2D eigenvalue weighted by Crippen LogP contribution is -2.52. The number of nitrogens with one attached hydrogen (secondary N) is 1. The van der Waals surface area contributed by atoms with Crippen LogP contribution < -0.4 is 14.8 Å². The molecule has 8 nitrogen and oxygen atoms in total. The Bertz CT molecular complexity index is 1320. The predicted molar refractivity (Wildman–Crippen MR) is 136 cm³/mol. The summed E-state index contributed by atoms with van der Waals surface area (Å²) < 4.78 is 12.5. The number of piperazine rings is 1. The number of nitrogens with zero attached hydrogens (tertiary/aromatic N) is 3. The topological polar surface area (TPSA) is 111 Å². The van der Waals surface area contributed by atoms with E-state index in [1.807, 2.05) is 42.5 Å². The first-order chi connectivity index (χ1) is 18.0. The molecular formula is C29H30N4O4. The van der Waals surface area contributed by atoms with Crippen molar-refractivity contribution in [1.29, 1.82) is 5.26 Å². The molecule has 0 bridgehead atoms. The average Bonchev–Trinajstić information content (AvgIpc) is 3.32. The van der Waals surface area contributed by atoms with Crippen molar-refractivity contribution in [2.75, 3.05) is 39.8 Å². The summed E-state index contributed by atoms with van der Waals surface area (Å²) >= 11 is 0. The first kappa shape index (κ1) is 23.9. The van der Waals surface area contributed by atoms with E-state index in [1.54, 1.807) is 24.5 Å². The quantitative estimate of drug-likeness (QED) is 0.491. The van der Waals surface area contributed by atoms with Crippen LogP contribution in [0.25, 0.3) is 0 Å². The number of aliphatic hydroxyl groups excluding tert-OH is 1. The minimum absolute atomic E-state index is 0.354. The largest absolute Gasteiger partial charge is 0.495 e. The van der Waals surface area contributed by atoms with Gasteiger partial charge in [-0.1, -0.05) is 42.5 Å². The van der Waals surface area contributed by atoms with Gasteiger partial charge in [0.15, 0.2) is 11.2 Å². The van der Waals surface area contributed by atoms with E-state index in [-0.39, 0.29) is 5.92 Å². The zero-order valence-electron chi connectivity index (χ0n) is 20.7. The molecule has 1 saturated heterocycles. The van der Waals surface area contributed by atoms with Crippen LogP contribution in [0, 0.1) is 17.2 Å². The second-order valence-electron chi connectivity index (χ2n) is 10.1. The molecule has 1 saturated carbocycles. The summed E-state index contributed by atoms with van der Waals surface area (Å²) in [5.41, 5.74) is -0.649. The van der Waals surface area contributed by atoms with Gasteiger partial charge in [-0.3, -0.25) is 4.98 Å². The third kappa shape index (κ3) is 3.39. The first-order valence-electron chi connectivity index (χ1n) is 12.6. The molecule has 0 spiro atoms. The number of nitriles is 1. The molecule has 3 aromatic rings. The standard InChI is InChI=1S/C29H30N4O4/c1-36-23-16-32-17-24-26(23)28(35)27(34)22(18-33-13-11-31-12-14-33)25(20-5-3-2-4-6-20)29(28,37-24)21-9-7-19(15-30)8-10-21/h2-10,16-17,22,25,27,31,34-35H,11-14,18H2,1H3/t22-,25-,27-,28+,29+/m1/s1. The van der Waals surface area contributed by atoms with Crippen molar-refractivity contribution < 1.29 is 19.7 Å². The second kappa shape index (κ2) is 9.12. The molecule has 3 heterocycles. The highest BCUT2D eigenvalue weighted by Crippen LogP contribution is 2.69. The normalized spacial score (nSPS) is 30.7. The number of aliphatic hydroxyl groups is 2. The molecule has 0 amide bonds. The van der Waals surface area contributed by atoms with Gasteiger partial charge in [0, 0.05) is 44.6 Å². The summed E-state index contributed by atoms with van der Waals surface area (Å²) in [6.45, 7) is 4.07. The number of benzene rings is 2. The minimum atomic E-state index is -1.83. The van der Waals surface area contributed by atoms with Gasteiger partial charge in [0.05, 0.1) is 42.8 Å². The highest BCUT2D eigenvalue weighted by molar-refractivity contribution is 5.59. The summed E-state index contributed by atoms with van der Waals surface area (Å²) in [6.07, 6.45) is 1.95. The van der Waals surface area contributed by atoms with Crippen molar-refractivity contribution in [3.8, 4) is 17.6 Å². The Morgan fingerprint density at radius 3 is 2.54 bits per heavy atom. The fourth-order valence-corrected chi connectivity index (χ4v) is 6.72. The maximum absolute atomic E-state index is 12.8. The van der Waals surface area contributed by atoms with Crippen LogP contribution in [-0.2, 0) is 11.2 Å². The van der Waals surface area contributed by atoms with Crippen LogP contribution >= 0.6 is 0 Å². The first-order valence-corrected chi connectivity index (χ1v) is 12.6. The molecule has 2 fully saturated rings. The zero-order chi connectivity index (χ0) is 25.6. The fraction of sp³-hybridized carbons (Fsp3) is 0.379. The van der Waals surface area contributed by atoms with E-state index in [4.69, 9.17) is 9.47 Å². The number of hydrogen-bond donors (Lipinski definition) is 3. The van der Waals surface area contributed by atoms with E-state index < -0.39 is 23.2 Å². The molecule has 0 unspecified atom stereocenters. The van der Waals surface area contributed by atoms with Crippen molar-refractivity contribution in [3.05, 3.63) is 89.2 Å². The predicted octanol–water partition coefficient (Wildman–Crippen LogP) is 2.12. The fourth-order valence-electron chi connectivity index (χ4n) is 6.72. The number of rotatable bonds is 5. The molecule has 1 aromatic heterocycles. The van der Waals surface area contributed by atoms with Gasteiger partial charge in [-0.05, 0) is 23.3 Å². The molecule has 3 N–H and O–H groups in total. The van der Waals surface area contributed by atoms with Crippen LogP contribution in [0.15, 0.2) is 67.0 Å². The molecular weight excluding hydrogens is 468 g/mol. The van der Waals surface area contributed by atoms with Crippen molar-refractivity contribution in [2.45, 2.75) is 23.2 Å². The van der Waals surface area contributed by atoms with E-state index in [0.29, 0.717) is 34.7 Å². The number of pyridine rings is 1. The lowest BCUT2D eigenvalue weighted by atomic mass is 9.70. The molecule has 8 heteroatoms. The van der Waals surface area contributed by atoms with Crippen molar-refractivity contribution in [2.24, 2.45) is 5.92 Å². The van der Waals surface area contributed by atoms with Crippen LogP contribution in [0.5, 0.6) is 11.5 Å². The molecule has 3 aliphatic rings. The van der Waals surface area contributed by atoms with Gasteiger partial charge in [-0.25, -0.2) is 0 Å². The zero-order valence-corrected chi connectivity index (χ0v) is 20.7. The number of aromatic nitrogens is 1. The summed E-state index contributed by atoms with van der Waals surface area (Å²) in [7, 11) is 1.52.